The maximum atomic E-state index is 11.4. The second-order valence-electron chi connectivity index (χ2n) is 4.32. The number of nitrogens with zero attached hydrogens (tertiary/aromatic N) is 1. The van der Waals surface area contributed by atoms with Gasteiger partial charge in [0.05, 0.1) is 11.5 Å². The van der Waals surface area contributed by atoms with Gasteiger partial charge in [0, 0.05) is 12.6 Å². The van der Waals surface area contributed by atoms with Crippen LogP contribution in [0.4, 0.5) is 0 Å². The largest absolute Gasteiger partial charge is 0.337 e. The van der Waals surface area contributed by atoms with E-state index in [0.29, 0.717) is 13.0 Å². The molecule has 1 aliphatic rings. The number of rotatable bonds is 4. The first-order valence-electron chi connectivity index (χ1n) is 5.56. The van der Waals surface area contributed by atoms with Crippen molar-refractivity contribution in [3.8, 4) is 0 Å². The highest BCUT2D eigenvalue weighted by Gasteiger charge is 2.31. The zero-order valence-electron chi connectivity index (χ0n) is 9.45. The summed E-state index contributed by atoms with van der Waals surface area (Å²) < 4.78 is 22.7. The van der Waals surface area contributed by atoms with Crippen molar-refractivity contribution in [2.75, 3.05) is 11.5 Å². The Labute approximate surface area is 101 Å². The summed E-state index contributed by atoms with van der Waals surface area (Å²) in [6, 6.07) is 9.42. The average molecular weight is 253 g/mol. The van der Waals surface area contributed by atoms with Gasteiger partial charge in [-0.05, 0) is 12.0 Å². The van der Waals surface area contributed by atoms with E-state index in [-0.39, 0.29) is 17.5 Å². The molecule has 1 saturated heterocycles. The van der Waals surface area contributed by atoms with Crippen molar-refractivity contribution in [2.24, 2.45) is 0 Å². The lowest BCUT2D eigenvalue weighted by atomic mass is 10.1. The van der Waals surface area contributed by atoms with Crippen LogP contribution >= 0.6 is 0 Å². The summed E-state index contributed by atoms with van der Waals surface area (Å²) in [6.07, 6.45) is 1.30. The van der Waals surface area contributed by atoms with E-state index in [9.17, 15) is 13.2 Å². The number of amides is 1. The topological polar surface area (TPSA) is 54.5 Å². The third kappa shape index (κ3) is 3.06. The Morgan fingerprint density at radius 3 is 2.53 bits per heavy atom. The predicted molar refractivity (Wildman–Crippen MR) is 65.1 cm³/mol. The molecule has 0 unspecified atom stereocenters. The van der Waals surface area contributed by atoms with E-state index in [1.54, 1.807) is 4.90 Å². The standard InChI is InChI=1S/C12H15NO3S/c14-10-13(8-11-4-2-1-3-5-11)12-6-7-17(15,16)9-12/h1-5,10,12H,6-9H2/t12-/m1/s1. The Kier molecular flexibility index (Phi) is 3.47. The van der Waals surface area contributed by atoms with E-state index in [1.165, 1.54) is 0 Å². The third-order valence-corrected chi connectivity index (χ3v) is 4.77. The van der Waals surface area contributed by atoms with Crippen LogP contribution in [0.2, 0.25) is 0 Å². The van der Waals surface area contributed by atoms with Crippen molar-refractivity contribution in [1.82, 2.24) is 4.90 Å². The molecule has 0 radical (unpaired) electrons. The van der Waals surface area contributed by atoms with Crippen LogP contribution < -0.4 is 0 Å². The zero-order valence-corrected chi connectivity index (χ0v) is 10.3. The Balaban J connectivity index is 2.06. The number of sulfone groups is 1. The molecule has 2 rings (SSSR count). The van der Waals surface area contributed by atoms with E-state index in [1.807, 2.05) is 30.3 Å². The molecule has 5 heteroatoms. The molecule has 1 heterocycles. The summed E-state index contributed by atoms with van der Waals surface area (Å²) >= 11 is 0. The first-order valence-corrected chi connectivity index (χ1v) is 7.38. The van der Waals surface area contributed by atoms with Crippen LogP contribution in [0.1, 0.15) is 12.0 Å². The van der Waals surface area contributed by atoms with Crippen molar-refractivity contribution in [3.63, 3.8) is 0 Å². The van der Waals surface area contributed by atoms with Gasteiger partial charge in [-0.15, -0.1) is 0 Å². The molecule has 4 nitrogen and oxygen atoms in total. The van der Waals surface area contributed by atoms with Gasteiger partial charge in [-0.2, -0.15) is 0 Å². The Morgan fingerprint density at radius 1 is 1.29 bits per heavy atom. The van der Waals surface area contributed by atoms with Crippen LogP contribution in [0.25, 0.3) is 0 Å². The fraction of sp³-hybridized carbons (Fsp3) is 0.417. The molecule has 1 aliphatic heterocycles. The van der Waals surface area contributed by atoms with Gasteiger partial charge in [0.15, 0.2) is 9.84 Å². The van der Waals surface area contributed by atoms with Gasteiger partial charge < -0.3 is 4.90 Å². The normalized spacial score (nSPS) is 22.2. The molecular formula is C12H15NO3S. The molecule has 0 aliphatic carbocycles. The highest BCUT2D eigenvalue weighted by atomic mass is 32.2. The van der Waals surface area contributed by atoms with Crippen LogP contribution in [0.3, 0.4) is 0 Å². The summed E-state index contributed by atoms with van der Waals surface area (Å²) in [5.41, 5.74) is 1.02. The van der Waals surface area contributed by atoms with Crippen molar-refractivity contribution < 1.29 is 13.2 Å². The van der Waals surface area contributed by atoms with E-state index in [0.717, 1.165) is 12.0 Å². The Morgan fingerprint density at radius 2 is 2.00 bits per heavy atom. The number of hydrogen-bond acceptors (Lipinski definition) is 3. The lowest BCUT2D eigenvalue weighted by Crippen LogP contribution is -2.34. The molecule has 1 aromatic carbocycles. The van der Waals surface area contributed by atoms with Crippen molar-refractivity contribution >= 4 is 16.2 Å². The van der Waals surface area contributed by atoms with Gasteiger partial charge in [-0.3, -0.25) is 4.79 Å². The van der Waals surface area contributed by atoms with Crippen molar-refractivity contribution in [3.05, 3.63) is 35.9 Å². The predicted octanol–water partition coefficient (Wildman–Crippen LogP) is 0.832. The summed E-state index contributed by atoms with van der Waals surface area (Å²) in [7, 11) is -2.94. The minimum absolute atomic E-state index is 0.0958. The van der Waals surface area contributed by atoms with Crippen molar-refractivity contribution in [1.29, 1.82) is 0 Å². The third-order valence-electron chi connectivity index (χ3n) is 3.02. The molecule has 1 atom stereocenters. The van der Waals surface area contributed by atoms with E-state index < -0.39 is 9.84 Å². The number of benzene rings is 1. The van der Waals surface area contributed by atoms with Gasteiger partial charge >= 0.3 is 0 Å². The first kappa shape index (κ1) is 12.1. The summed E-state index contributed by atoms with van der Waals surface area (Å²) in [5.74, 6) is 0.287. The molecule has 0 aromatic heterocycles. The highest BCUT2D eigenvalue weighted by Crippen LogP contribution is 2.18. The maximum absolute atomic E-state index is 11.4. The van der Waals surface area contributed by atoms with Crippen LogP contribution in [-0.4, -0.2) is 37.3 Å². The summed E-state index contributed by atoms with van der Waals surface area (Å²) in [5, 5.41) is 0. The molecule has 92 valence electrons. The number of hydrogen-bond donors (Lipinski definition) is 0. The van der Waals surface area contributed by atoms with E-state index >= 15 is 0 Å². The molecule has 0 saturated carbocycles. The SMILES string of the molecule is O=CN(Cc1ccccc1)[C@@H]1CCS(=O)(=O)C1. The van der Waals surface area contributed by atoms with Crippen LogP contribution in [0, 0.1) is 0 Å². The average Bonchev–Trinajstić information content (AvgIpc) is 2.68. The molecule has 0 N–H and O–H groups in total. The van der Waals surface area contributed by atoms with Gasteiger partial charge in [0.25, 0.3) is 0 Å². The number of carbonyl (C=O) groups is 1. The molecule has 0 bridgehead atoms. The maximum Gasteiger partial charge on any atom is 0.210 e. The second-order valence-corrected chi connectivity index (χ2v) is 6.55. The smallest absolute Gasteiger partial charge is 0.210 e. The van der Waals surface area contributed by atoms with Crippen LogP contribution in [-0.2, 0) is 21.2 Å². The lowest BCUT2D eigenvalue weighted by molar-refractivity contribution is -0.120. The molecule has 1 fully saturated rings. The molecule has 1 aromatic rings. The van der Waals surface area contributed by atoms with Crippen LogP contribution in [0.15, 0.2) is 30.3 Å². The fourth-order valence-corrected chi connectivity index (χ4v) is 3.83. The summed E-state index contributed by atoms with van der Waals surface area (Å²) in [4.78, 5) is 12.6. The van der Waals surface area contributed by atoms with E-state index in [4.69, 9.17) is 0 Å². The number of carbonyl (C=O) groups excluding carboxylic acids is 1. The van der Waals surface area contributed by atoms with Gasteiger partial charge in [0.2, 0.25) is 6.41 Å². The molecule has 17 heavy (non-hydrogen) atoms. The Bertz CT molecular complexity index is 484. The first-order chi connectivity index (χ1) is 8.11. The van der Waals surface area contributed by atoms with Gasteiger partial charge in [-0.25, -0.2) is 8.42 Å². The quantitative estimate of drug-likeness (QED) is 0.747. The highest BCUT2D eigenvalue weighted by molar-refractivity contribution is 7.91. The fourth-order valence-electron chi connectivity index (χ4n) is 2.08. The van der Waals surface area contributed by atoms with Crippen LogP contribution in [0.5, 0.6) is 0 Å². The lowest BCUT2D eigenvalue weighted by Gasteiger charge is -2.23. The minimum atomic E-state index is -2.94. The summed E-state index contributed by atoms with van der Waals surface area (Å²) in [6.45, 7) is 0.477. The van der Waals surface area contributed by atoms with Gasteiger partial charge in [-0.1, -0.05) is 30.3 Å². The van der Waals surface area contributed by atoms with Gasteiger partial charge in [0.1, 0.15) is 0 Å². The Hall–Kier alpha value is -1.36. The monoisotopic (exact) mass is 253 g/mol. The zero-order chi connectivity index (χ0) is 12.3. The minimum Gasteiger partial charge on any atom is -0.337 e. The second kappa shape index (κ2) is 4.87. The van der Waals surface area contributed by atoms with Crippen molar-refractivity contribution in [2.45, 2.75) is 19.0 Å². The molecule has 0 spiro atoms. The molecule has 1 amide bonds. The van der Waals surface area contributed by atoms with E-state index in [2.05, 4.69) is 0 Å². The molecular weight excluding hydrogens is 238 g/mol.